The van der Waals surface area contributed by atoms with Crippen LogP contribution in [0.3, 0.4) is 0 Å². The number of nitrogens with zero attached hydrogens (tertiary/aromatic N) is 4. The lowest BCUT2D eigenvalue weighted by molar-refractivity contribution is 0.0225. The molecule has 0 atom stereocenters. The molecule has 3 heterocycles. The van der Waals surface area contributed by atoms with Crippen LogP contribution in [0.4, 0.5) is 4.79 Å². The minimum absolute atomic E-state index is 0.291. The Bertz CT molecular complexity index is 1280. The highest BCUT2D eigenvalue weighted by atomic mass is 32.1. The third-order valence-electron chi connectivity index (χ3n) is 5.52. The Balaban J connectivity index is 1.68. The lowest BCUT2D eigenvalue weighted by Crippen LogP contribution is -2.39. The molecule has 7 heteroatoms. The minimum atomic E-state index is -0.519. The van der Waals surface area contributed by atoms with E-state index in [1.807, 2.05) is 45.9 Å². The number of nitriles is 1. The molecule has 2 aromatic heterocycles. The molecular weight excluding hydrogens is 432 g/mol. The number of rotatable bonds is 3. The van der Waals surface area contributed by atoms with Gasteiger partial charge in [0.15, 0.2) is 0 Å². The van der Waals surface area contributed by atoms with Crippen molar-refractivity contribution in [3.05, 3.63) is 64.4 Å². The van der Waals surface area contributed by atoms with Crippen molar-refractivity contribution in [3.8, 4) is 27.8 Å². The zero-order valence-electron chi connectivity index (χ0n) is 19.3. The molecule has 0 spiro atoms. The summed E-state index contributed by atoms with van der Waals surface area (Å²) in [6.45, 7) is 12.6. The first-order valence-electron chi connectivity index (χ1n) is 10.8. The number of benzene rings is 1. The summed E-state index contributed by atoms with van der Waals surface area (Å²) in [6.07, 6.45) is 3.72. The van der Waals surface area contributed by atoms with Crippen LogP contribution in [-0.4, -0.2) is 33.1 Å². The third kappa shape index (κ3) is 4.53. The summed E-state index contributed by atoms with van der Waals surface area (Å²) in [5, 5.41) is 10.6. The number of hydrogen-bond acceptors (Lipinski definition) is 6. The number of thiazole rings is 1. The summed E-state index contributed by atoms with van der Waals surface area (Å²) in [6, 6.07) is 10.2. The molecule has 1 aliphatic rings. The first-order chi connectivity index (χ1) is 15.7. The van der Waals surface area contributed by atoms with Crippen molar-refractivity contribution in [2.45, 2.75) is 46.3 Å². The summed E-state index contributed by atoms with van der Waals surface area (Å²) in [4.78, 5) is 24.5. The van der Waals surface area contributed by atoms with Gasteiger partial charge in [-0.15, -0.1) is 11.3 Å². The van der Waals surface area contributed by atoms with E-state index in [2.05, 4.69) is 23.7 Å². The van der Waals surface area contributed by atoms with Gasteiger partial charge in [-0.2, -0.15) is 5.26 Å². The molecule has 3 aromatic rings. The van der Waals surface area contributed by atoms with E-state index in [0.29, 0.717) is 30.8 Å². The molecule has 4 rings (SSSR count). The summed E-state index contributed by atoms with van der Waals surface area (Å²) >= 11 is 1.61. The zero-order valence-corrected chi connectivity index (χ0v) is 20.1. The summed E-state index contributed by atoms with van der Waals surface area (Å²) in [5.41, 5.74) is 5.48. The van der Waals surface area contributed by atoms with E-state index in [1.54, 1.807) is 28.5 Å². The minimum Gasteiger partial charge on any atom is -0.444 e. The van der Waals surface area contributed by atoms with Gasteiger partial charge in [0.1, 0.15) is 16.7 Å². The number of pyridine rings is 1. The van der Waals surface area contributed by atoms with Crippen LogP contribution in [0.1, 0.15) is 48.2 Å². The maximum absolute atomic E-state index is 12.5. The molecule has 0 saturated carbocycles. The number of hydrogen-bond donors (Lipinski definition) is 0. The largest absolute Gasteiger partial charge is 0.444 e. The van der Waals surface area contributed by atoms with Crippen molar-refractivity contribution in [1.82, 2.24) is 14.9 Å². The fourth-order valence-corrected chi connectivity index (χ4v) is 5.13. The molecule has 0 bridgehead atoms. The van der Waals surface area contributed by atoms with E-state index < -0.39 is 5.60 Å². The van der Waals surface area contributed by atoms with Gasteiger partial charge >= 0.3 is 6.09 Å². The van der Waals surface area contributed by atoms with E-state index in [-0.39, 0.29) is 6.09 Å². The summed E-state index contributed by atoms with van der Waals surface area (Å²) in [5.74, 6) is 0. The molecule has 1 aliphatic heterocycles. The smallest absolute Gasteiger partial charge is 0.410 e. The highest BCUT2D eigenvalue weighted by Crippen LogP contribution is 2.38. The van der Waals surface area contributed by atoms with Gasteiger partial charge in [0.05, 0.1) is 23.5 Å². The van der Waals surface area contributed by atoms with Crippen molar-refractivity contribution in [2.24, 2.45) is 0 Å². The average Bonchev–Trinajstić information content (AvgIpc) is 3.20. The Kier molecular flexibility index (Phi) is 6.05. The van der Waals surface area contributed by atoms with Crippen LogP contribution >= 0.6 is 11.3 Å². The topological polar surface area (TPSA) is 79.1 Å². The summed E-state index contributed by atoms with van der Waals surface area (Å²) in [7, 11) is 0. The molecule has 0 aliphatic carbocycles. The van der Waals surface area contributed by atoms with Crippen LogP contribution in [-0.2, 0) is 17.7 Å². The highest BCUT2D eigenvalue weighted by molar-refractivity contribution is 7.15. The van der Waals surface area contributed by atoms with E-state index >= 15 is 0 Å². The lowest BCUT2D eigenvalue weighted by atomic mass is 9.93. The van der Waals surface area contributed by atoms with Gasteiger partial charge in [0.2, 0.25) is 0 Å². The van der Waals surface area contributed by atoms with Crippen LogP contribution in [0.2, 0.25) is 0 Å². The maximum Gasteiger partial charge on any atom is 0.410 e. The third-order valence-corrected chi connectivity index (χ3v) is 6.64. The monoisotopic (exact) mass is 458 g/mol. The second kappa shape index (κ2) is 8.80. The number of carbonyl (C=O) groups is 1. The Morgan fingerprint density at radius 3 is 2.73 bits per heavy atom. The first kappa shape index (κ1) is 22.7. The van der Waals surface area contributed by atoms with Crippen LogP contribution in [0.15, 0.2) is 37.0 Å². The van der Waals surface area contributed by atoms with Crippen molar-refractivity contribution in [2.75, 3.05) is 6.54 Å². The highest BCUT2D eigenvalue weighted by Gasteiger charge is 2.28. The van der Waals surface area contributed by atoms with Crippen LogP contribution in [0, 0.1) is 18.3 Å². The van der Waals surface area contributed by atoms with Crippen molar-refractivity contribution >= 4 is 23.5 Å². The lowest BCUT2D eigenvalue weighted by Gasteiger charge is -2.29. The fraction of sp³-hybridized carbons (Fsp3) is 0.308. The molecule has 0 saturated heterocycles. The Morgan fingerprint density at radius 2 is 2.03 bits per heavy atom. The maximum atomic E-state index is 12.5. The molecule has 0 unspecified atom stereocenters. The Labute approximate surface area is 198 Å². The van der Waals surface area contributed by atoms with Crippen LogP contribution < -0.4 is 0 Å². The average molecular weight is 459 g/mol. The van der Waals surface area contributed by atoms with Crippen molar-refractivity contribution < 1.29 is 9.53 Å². The molecule has 1 amide bonds. The number of amides is 1. The SMILES string of the molecule is C=Cc1nccc(-c2cccc(-c3nc4c(s3)CN(C(=O)OC(C)(C)C)CC4)c2C)c1C#N. The summed E-state index contributed by atoms with van der Waals surface area (Å²) < 4.78 is 5.54. The normalized spacial score (nSPS) is 13.2. The van der Waals surface area contributed by atoms with Crippen LogP contribution in [0.25, 0.3) is 27.8 Å². The molecule has 0 N–H and O–H groups in total. The second-order valence-corrected chi connectivity index (χ2v) is 10.0. The standard InChI is InChI=1S/C26H26N4O2S/c1-6-21-20(14-27)19(10-12-28-21)17-8-7-9-18(16(17)2)24-29-22-11-13-30(15-23(22)33-24)25(31)32-26(3,4)5/h6-10,12H,1,11,13,15H2,2-5H3. The number of aromatic nitrogens is 2. The van der Waals surface area contributed by atoms with Gasteiger partial charge in [-0.1, -0.05) is 24.8 Å². The van der Waals surface area contributed by atoms with Gasteiger partial charge < -0.3 is 9.64 Å². The van der Waals surface area contributed by atoms with Crippen molar-refractivity contribution in [1.29, 1.82) is 5.26 Å². The zero-order chi connectivity index (χ0) is 23.8. The van der Waals surface area contributed by atoms with E-state index in [9.17, 15) is 10.1 Å². The van der Waals surface area contributed by atoms with Gasteiger partial charge in [-0.3, -0.25) is 4.98 Å². The van der Waals surface area contributed by atoms with Crippen LogP contribution in [0.5, 0.6) is 0 Å². The predicted octanol–water partition coefficient (Wildman–Crippen LogP) is 5.99. The van der Waals surface area contributed by atoms with Gasteiger partial charge in [-0.05, 0) is 51.0 Å². The van der Waals surface area contributed by atoms with E-state index in [0.717, 1.165) is 37.8 Å². The second-order valence-electron chi connectivity index (χ2n) is 8.95. The molecule has 33 heavy (non-hydrogen) atoms. The van der Waals surface area contributed by atoms with E-state index in [4.69, 9.17) is 9.72 Å². The van der Waals surface area contributed by atoms with E-state index in [1.165, 1.54) is 0 Å². The van der Waals surface area contributed by atoms with Crippen molar-refractivity contribution in [3.63, 3.8) is 0 Å². The van der Waals surface area contributed by atoms with Gasteiger partial charge in [-0.25, -0.2) is 9.78 Å². The molecule has 6 nitrogen and oxygen atoms in total. The Morgan fingerprint density at radius 1 is 1.27 bits per heavy atom. The molecule has 0 fully saturated rings. The fourth-order valence-electron chi connectivity index (χ4n) is 3.93. The van der Waals surface area contributed by atoms with Gasteiger partial charge in [0.25, 0.3) is 0 Å². The number of carbonyl (C=O) groups excluding carboxylic acids is 1. The molecule has 168 valence electrons. The first-order valence-corrected chi connectivity index (χ1v) is 11.6. The quantitative estimate of drug-likeness (QED) is 0.482. The Hall–Kier alpha value is -3.50. The van der Waals surface area contributed by atoms with Gasteiger partial charge in [0, 0.05) is 35.2 Å². The predicted molar refractivity (Wildman–Crippen MR) is 131 cm³/mol. The molecule has 0 radical (unpaired) electrons. The molecule has 1 aromatic carbocycles. The molecular formula is C26H26N4O2S. The number of fused-ring (bicyclic) bond motifs is 1. The number of ether oxygens (including phenoxy) is 1.